The Morgan fingerprint density at radius 1 is 1.17 bits per heavy atom. The van der Waals surface area contributed by atoms with E-state index < -0.39 is 0 Å². The Balaban J connectivity index is 2.08. The van der Waals surface area contributed by atoms with Crippen molar-refractivity contribution >= 4 is 17.7 Å². The lowest BCUT2D eigenvalue weighted by Gasteiger charge is -2.10. The second-order valence-electron chi connectivity index (χ2n) is 5.33. The van der Waals surface area contributed by atoms with Gasteiger partial charge in [-0.1, -0.05) is 19.1 Å². The molecule has 2 nitrogen and oxygen atoms in total. The zero-order chi connectivity index (χ0) is 16.8. The minimum Gasteiger partial charge on any atom is -0.465 e. The second-order valence-corrected chi connectivity index (χ2v) is 6.64. The van der Waals surface area contributed by atoms with Crippen molar-refractivity contribution in [3.8, 4) is 0 Å². The third kappa shape index (κ3) is 4.58. The molecule has 0 radical (unpaired) electrons. The number of carbonyl (C=O) groups is 1. The van der Waals surface area contributed by atoms with E-state index in [0.29, 0.717) is 12.0 Å². The number of methoxy groups -OCH3 is 1. The standard InChI is InChI=1S/C19H21FO2S/c1-4-23-18-12-16(17(20)11-13(18)2)10-7-14-5-8-15(9-6-14)19(21)22-3/h5-6,8-9,11-12H,4,7,10H2,1-3H3. The van der Waals surface area contributed by atoms with Crippen LogP contribution in [0, 0.1) is 12.7 Å². The van der Waals surface area contributed by atoms with Gasteiger partial charge in [-0.05, 0) is 66.5 Å². The molecule has 2 aromatic rings. The molecule has 0 spiro atoms. The zero-order valence-electron chi connectivity index (χ0n) is 13.7. The summed E-state index contributed by atoms with van der Waals surface area (Å²) in [7, 11) is 1.36. The summed E-state index contributed by atoms with van der Waals surface area (Å²) < 4.78 is 18.8. The smallest absolute Gasteiger partial charge is 0.337 e. The number of ether oxygens (including phenoxy) is 1. The van der Waals surface area contributed by atoms with E-state index >= 15 is 0 Å². The molecule has 23 heavy (non-hydrogen) atoms. The third-order valence-corrected chi connectivity index (χ3v) is 4.74. The topological polar surface area (TPSA) is 26.3 Å². The van der Waals surface area contributed by atoms with Crippen molar-refractivity contribution in [2.24, 2.45) is 0 Å². The average molecular weight is 332 g/mol. The Kier molecular flexibility index (Phi) is 6.22. The molecular weight excluding hydrogens is 311 g/mol. The first-order valence-electron chi connectivity index (χ1n) is 7.64. The number of carbonyl (C=O) groups excluding carboxylic acids is 1. The van der Waals surface area contributed by atoms with Crippen LogP contribution in [0.15, 0.2) is 41.3 Å². The molecule has 0 heterocycles. The van der Waals surface area contributed by atoms with Gasteiger partial charge in [0.25, 0.3) is 0 Å². The molecule has 0 fully saturated rings. The first-order chi connectivity index (χ1) is 11.0. The number of esters is 1. The molecule has 122 valence electrons. The van der Waals surface area contributed by atoms with E-state index in [0.717, 1.165) is 33.8 Å². The van der Waals surface area contributed by atoms with Crippen LogP contribution in [0.25, 0.3) is 0 Å². The van der Waals surface area contributed by atoms with Gasteiger partial charge in [0.1, 0.15) is 5.82 Å². The van der Waals surface area contributed by atoms with Gasteiger partial charge < -0.3 is 4.74 Å². The van der Waals surface area contributed by atoms with Gasteiger partial charge in [0, 0.05) is 4.90 Å². The summed E-state index contributed by atoms with van der Waals surface area (Å²) in [5.74, 6) is 0.484. The maximum Gasteiger partial charge on any atom is 0.337 e. The Morgan fingerprint density at radius 2 is 1.87 bits per heavy atom. The largest absolute Gasteiger partial charge is 0.465 e. The first kappa shape index (κ1) is 17.5. The summed E-state index contributed by atoms with van der Waals surface area (Å²) in [4.78, 5) is 12.5. The molecule has 0 amide bonds. The van der Waals surface area contributed by atoms with E-state index in [1.807, 2.05) is 25.1 Å². The van der Waals surface area contributed by atoms with Crippen molar-refractivity contribution in [2.75, 3.05) is 12.9 Å². The van der Waals surface area contributed by atoms with Crippen LogP contribution in [-0.2, 0) is 17.6 Å². The molecular formula is C19H21FO2S. The summed E-state index contributed by atoms with van der Waals surface area (Å²) in [5, 5.41) is 0. The van der Waals surface area contributed by atoms with Crippen LogP contribution >= 0.6 is 11.8 Å². The van der Waals surface area contributed by atoms with Gasteiger partial charge in [-0.2, -0.15) is 0 Å². The monoisotopic (exact) mass is 332 g/mol. The molecule has 0 saturated carbocycles. The molecule has 0 aliphatic carbocycles. The first-order valence-corrected chi connectivity index (χ1v) is 8.62. The van der Waals surface area contributed by atoms with Crippen LogP contribution in [0.2, 0.25) is 0 Å². The van der Waals surface area contributed by atoms with Crippen molar-refractivity contribution in [1.29, 1.82) is 0 Å². The van der Waals surface area contributed by atoms with Gasteiger partial charge in [0.2, 0.25) is 0 Å². The maximum absolute atomic E-state index is 14.1. The van der Waals surface area contributed by atoms with E-state index in [4.69, 9.17) is 0 Å². The van der Waals surface area contributed by atoms with Crippen LogP contribution in [0.4, 0.5) is 4.39 Å². The molecule has 0 aliphatic heterocycles. The van der Waals surface area contributed by atoms with Gasteiger partial charge in [0.05, 0.1) is 12.7 Å². The van der Waals surface area contributed by atoms with Crippen LogP contribution < -0.4 is 0 Å². The van der Waals surface area contributed by atoms with Crippen molar-refractivity contribution in [1.82, 2.24) is 0 Å². The Bertz CT molecular complexity index is 681. The number of thioether (sulfide) groups is 1. The molecule has 0 bridgehead atoms. The van der Waals surface area contributed by atoms with Crippen molar-refractivity contribution in [3.05, 3.63) is 64.5 Å². The SMILES string of the molecule is CCSc1cc(CCc2ccc(C(=O)OC)cc2)c(F)cc1C. The lowest BCUT2D eigenvalue weighted by molar-refractivity contribution is 0.0600. The Morgan fingerprint density at radius 3 is 2.48 bits per heavy atom. The predicted octanol–water partition coefficient (Wildman–Crippen LogP) is 4.82. The molecule has 2 aromatic carbocycles. The lowest BCUT2D eigenvalue weighted by atomic mass is 10.0. The van der Waals surface area contributed by atoms with Crippen LogP contribution in [0.5, 0.6) is 0 Å². The minimum atomic E-state index is -0.345. The Labute approximate surface area is 141 Å². The number of hydrogen-bond acceptors (Lipinski definition) is 3. The number of rotatable bonds is 6. The fourth-order valence-electron chi connectivity index (χ4n) is 2.40. The number of hydrogen-bond donors (Lipinski definition) is 0. The van der Waals surface area contributed by atoms with Crippen LogP contribution in [0.1, 0.15) is 34.0 Å². The minimum absolute atomic E-state index is 0.144. The normalized spacial score (nSPS) is 10.6. The van der Waals surface area contributed by atoms with Crippen molar-refractivity contribution in [3.63, 3.8) is 0 Å². The van der Waals surface area contributed by atoms with Crippen molar-refractivity contribution in [2.45, 2.75) is 31.6 Å². The van der Waals surface area contributed by atoms with Gasteiger partial charge in [-0.15, -0.1) is 11.8 Å². The quantitative estimate of drug-likeness (QED) is 0.560. The third-order valence-electron chi connectivity index (χ3n) is 3.70. The van der Waals surface area contributed by atoms with Gasteiger partial charge in [-0.25, -0.2) is 9.18 Å². The summed E-state index contributed by atoms with van der Waals surface area (Å²) >= 11 is 1.74. The number of aryl methyl sites for hydroxylation is 3. The molecule has 0 aromatic heterocycles. The second kappa shape index (κ2) is 8.16. The zero-order valence-corrected chi connectivity index (χ0v) is 14.5. The highest BCUT2D eigenvalue weighted by molar-refractivity contribution is 7.99. The van der Waals surface area contributed by atoms with E-state index in [9.17, 15) is 9.18 Å². The molecule has 4 heteroatoms. The van der Waals surface area contributed by atoms with Crippen LogP contribution in [-0.4, -0.2) is 18.8 Å². The highest BCUT2D eigenvalue weighted by atomic mass is 32.2. The van der Waals surface area contributed by atoms with Gasteiger partial charge in [0.15, 0.2) is 0 Å². The van der Waals surface area contributed by atoms with Crippen LogP contribution in [0.3, 0.4) is 0 Å². The number of halogens is 1. The fraction of sp³-hybridized carbons (Fsp3) is 0.316. The molecule has 0 saturated heterocycles. The average Bonchev–Trinajstić information content (AvgIpc) is 2.56. The predicted molar refractivity (Wildman–Crippen MR) is 92.7 cm³/mol. The van der Waals surface area contributed by atoms with E-state index in [-0.39, 0.29) is 11.8 Å². The van der Waals surface area contributed by atoms with Gasteiger partial charge in [-0.3, -0.25) is 0 Å². The van der Waals surface area contributed by atoms with E-state index in [1.54, 1.807) is 30.0 Å². The fourth-order valence-corrected chi connectivity index (χ4v) is 3.23. The summed E-state index contributed by atoms with van der Waals surface area (Å²) in [6, 6.07) is 10.8. The summed E-state index contributed by atoms with van der Waals surface area (Å²) in [5.41, 5.74) is 3.32. The molecule has 0 atom stereocenters. The summed E-state index contributed by atoms with van der Waals surface area (Å²) in [6.07, 6.45) is 1.37. The molecule has 0 N–H and O–H groups in total. The number of benzene rings is 2. The highest BCUT2D eigenvalue weighted by Crippen LogP contribution is 2.26. The Hall–Kier alpha value is -1.81. The molecule has 0 aliphatic rings. The van der Waals surface area contributed by atoms with Gasteiger partial charge >= 0.3 is 5.97 Å². The molecule has 0 unspecified atom stereocenters. The lowest BCUT2D eigenvalue weighted by Crippen LogP contribution is -2.01. The highest BCUT2D eigenvalue weighted by Gasteiger charge is 2.09. The maximum atomic E-state index is 14.1. The van der Waals surface area contributed by atoms with E-state index in [2.05, 4.69) is 11.7 Å². The summed E-state index contributed by atoms with van der Waals surface area (Å²) in [6.45, 7) is 4.03. The van der Waals surface area contributed by atoms with E-state index in [1.165, 1.54) is 7.11 Å². The molecule has 2 rings (SSSR count). The van der Waals surface area contributed by atoms with Crippen molar-refractivity contribution < 1.29 is 13.9 Å².